The summed E-state index contributed by atoms with van der Waals surface area (Å²) in [5.74, 6) is 0.445. The summed E-state index contributed by atoms with van der Waals surface area (Å²) in [6.45, 7) is 4.72. The SMILES string of the molecule is Cc1cccc(C(=O)NCC2CCCCC2Cl)c1C. The zero-order valence-electron chi connectivity index (χ0n) is 11.7. The van der Waals surface area contributed by atoms with Gasteiger partial charge in [-0.15, -0.1) is 11.6 Å². The van der Waals surface area contributed by atoms with Crippen LogP contribution in [0.1, 0.15) is 47.2 Å². The van der Waals surface area contributed by atoms with Crippen molar-refractivity contribution in [2.45, 2.75) is 44.9 Å². The minimum Gasteiger partial charge on any atom is -0.352 e. The molecule has 2 atom stereocenters. The van der Waals surface area contributed by atoms with Crippen LogP contribution in [0.5, 0.6) is 0 Å². The zero-order chi connectivity index (χ0) is 13.8. The van der Waals surface area contributed by atoms with Crippen LogP contribution in [-0.2, 0) is 0 Å². The number of benzene rings is 1. The van der Waals surface area contributed by atoms with E-state index >= 15 is 0 Å². The van der Waals surface area contributed by atoms with Gasteiger partial charge >= 0.3 is 0 Å². The molecular formula is C16H22ClNO. The van der Waals surface area contributed by atoms with Gasteiger partial charge in [0.25, 0.3) is 5.91 Å². The summed E-state index contributed by atoms with van der Waals surface area (Å²) in [5, 5.41) is 3.26. The van der Waals surface area contributed by atoms with Gasteiger partial charge in [0, 0.05) is 17.5 Å². The molecule has 0 aliphatic heterocycles. The van der Waals surface area contributed by atoms with E-state index in [1.165, 1.54) is 12.8 Å². The van der Waals surface area contributed by atoms with Gasteiger partial charge in [0.05, 0.1) is 0 Å². The summed E-state index contributed by atoms with van der Waals surface area (Å²) in [4.78, 5) is 12.2. The molecule has 1 N–H and O–H groups in total. The third kappa shape index (κ3) is 3.50. The van der Waals surface area contributed by atoms with Gasteiger partial charge < -0.3 is 5.32 Å². The number of carbonyl (C=O) groups excluding carboxylic acids is 1. The van der Waals surface area contributed by atoms with Crippen molar-refractivity contribution in [3.05, 3.63) is 34.9 Å². The first kappa shape index (κ1) is 14.4. The maximum atomic E-state index is 12.2. The lowest BCUT2D eigenvalue weighted by Gasteiger charge is -2.27. The Morgan fingerprint density at radius 1 is 1.32 bits per heavy atom. The quantitative estimate of drug-likeness (QED) is 0.837. The van der Waals surface area contributed by atoms with Crippen LogP contribution in [0.25, 0.3) is 0 Å². The third-order valence-electron chi connectivity index (χ3n) is 4.19. The van der Waals surface area contributed by atoms with Gasteiger partial charge in [-0.3, -0.25) is 4.79 Å². The number of halogens is 1. The Labute approximate surface area is 120 Å². The van der Waals surface area contributed by atoms with E-state index in [4.69, 9.17) is 11.6 Å². The van der Waals surface area contributed by atoms with E-state index in [2.05, 4.69) is 5.32 Å². The highest BCUT2D eigenvalue weighted by Gasteiger charge is 2.23. The van der Waals surface area contributed by atoms with Crippen molar-refractivity contribution in [3.8, 4) is 0 Å². The van der Waals surface area contributed by atoms with Crippen molar-refractivity contribution in [1.82, 2.24) is 5.32 Å². The first-order valence-corrected chi connectivity index (χ1v) is 7.51. The Bertz CT molecular complexity index is 458. The molecule has 1 saturated carbocycles. The summed E-state index contributed by atoms with van der Waals surface area (Å²) < 4.78 is 0. The summed E-state index contributed by atoms with van der Waals surface area (Å²) in [5.41, 5.74) is 2.99. The number of carbonyl (C=O) groups is 1. The lowest BCUT2D eigenvalue weighted by atomic mass is 9.88. The second-order valence-corrected chi connectivity index (χ2v) is 6.08. The molecule has 1 aliphatic rings. The van der Waals surface area contributed by atoms with Gasteiger partial charge in [-0.05, 0) is 49.8 Å². The molecule has 0 saturated heterocycles. The smallest absolute Gasteiger partial charge is 0.251 e. The van der Waals surface area contributed by atoms with E-state index in [0.29, 0.717) is 12.5 Å². The monoisotopic (exact) mass is 279 g/mol. The first-order chi connectivity index (χ1) is 9.09. The normalized spacial score (nSPS) is 23.1. The second kappa shape index (κ2) is 6.42. The maximum absolute atomic E-state index is 12.2. The molecule has 0 heterocycles. The lowest BCUT2D eigenvalue weighted by molar-refractivity contribution is 0.0943. The molecular weight excluding hydrogens is 258 g/mol. The predicted molar refractivity (Wildman–Crippen MR) is 79.8 cm³/mol. The Kier molecular flexibility index (Phi) is 4.87. The summed E-state index contributed by atoms with van der Waals surface area (Å²) in [6, 6.07) is 5.85. The second-order valence-electron chi connectivity index (χ2n) is 5.52. The van der Waals surface area contributed by atoms with Crippen molar-refractivity contribution in [1.29, 1.82) is 0 Å². The number of aryl methyl sites for hydroxylation is 1. The molecule has 1 fully saturated rings. The molecule has 0 spiro atoms. The van der Waals surface area contributed by atoms with E-state index in [-0.39, 0.29) is 11.3 Å². The maximum Gasteiger partial charge on any atom is 0.251 e. The van der Waals surface area contributed by atoms with Crippen LogP contribution in [0.4, 0.5) is 0 Å². The molecule has 2 nitrogen and oxygen atoms in total. The van der Waals surface area contributed by atoms with Gasteiger partial charge in [-0.2, -0.15) is 0 Å². The van der Waals surface area contributed by atoms with Crippen molar-refractivity contribution < 1.29 is 4.79 Å². The van der Waals surface area contributed by atoms with E-state index in [1.807, 2.05) is 32.0 Å². The molecule has 19 heavy (non-hydrogen) atoms. The zero-order valence-corrected chi connectivity index (χ0v) is 12.5. The number of alkyl halides is 1. The molecule has 0 radical (unpaired) electrons. The fourth-order valence-corrected chi connectivity index (χ4v) is 3.08. The van der Waals surface area contributed by atoms with Crippen LogP contribution in [0.15, 0.2) is 18.2 Å². The van der Waals surface area contributed by atoms with Gasteiger partial charge in [-0.25, -0.2) is 0 Å². The number of nitrogens with one attached hydrogen (secondary N) is 1. The van der Waals surface area contributed by atoms with Crippen LogP contribution >= 0.6 is 11.6 Å². The molecule has 2 unspecified atom stereocenters. The Morgan fingerprint density at radius 3 is 2.79 bits per heavy atom. The largest absolute Gasteiger partial charge is 0.352 e. The molecule has 104 valence electrons. The standard InChI is InChI=1S/C16H22ClNO/c1-11-6-5-8-14(12(11)2)16(19)18-10-13-7-3-4-9-15(13)17/h5-6,8,13,15H,3-4,7,9-10H2,1-2H3,(H,18,19). The molecule has 1 aromatic carbocycles. The lowest BCUT2D eigenvalue weighted by Crippen LogP contribution is -2.35. The Hall–Kier alpha value is -1.02. The molecule has 1 aromatic rings. The fourth-order valence-electron chi connectivity index (χ4n) is 2.71. The minimum atomic E-state index is 0.0237. The number of hydrogen-bond acceptors (Lipinski definition) is 1. The minimum absolute atomic E-state index is 0.0237. The van der Waals surface area contributed by atoms with Crippen molar-refractivity contribution in [3.63, 3.8) is 0 Å². The topological polar surface area (TPSA) is 29.1 Å². The average molecular weight is 280 g/mol. The third-order valence-corrected chi connectivity index (χ3v) is 4.76. The van der Waals surface area contributed by atoms with Gasteiger partial charge in [-0.1, -0.05) is 25.0 Å². The molecule has 1 aliphatic carbocycles. The van der Waals surface area contributed by atoms with E-state index in [1.54, 1.807) is 0 Å². The molecule has 2 rings (SSSR count). The first-order valence-electron chi connectivity index (χ1n) is 7.08. The van der Waals surface area contributed by atoms with Crippen LogP contribution in [0, 0.1) is 19.8 Å². The van der Waals surface area contributed by atoms with Gasteiger partial charge in [0.2, 0.25) is 0 Å². The van der Waals surface area contributed by atoms with E-state index < -0.39 is 0 Å². The van der Waals surface area contributed by atoms with Crippen molar-refractivity contribution in [2.75, 3.05) is 6.54 Å². The van der Waals surface area contributed by atoms with Gasteiger partial charge in [0.1, 0.15) is 0 Å². The average Bonchev–Trinajstić information content (AvgIpc) is 2.40. The number of hydrogen-bond donors (Lipinski definition) is 1. The van der Waals surface area contributed by atoms with E-state index in [9.17, 15) is 4.79 Å². The van der Waals surface area contributed by atoms with Crippen LogP contribution in [0.2, 0.25) is 0 Å². The Balaban J connectivity index is 1.95. The molecule has 0 aromatic heterocycles. The van der Waals surface area contributed by atoms with Gasteiger partial charge in [0.15, 0.2) is 0 Å². The molecule has 1 amide bonds. The predicted octanol–water partition coefficient (Wildman–Crippen LogP) is 3.83. The van der Waals surface area contributed by atoms with Crippen molar-refractivity contribution >= 4 is 17.5 Å². The Morgan fingerprint density at radius 2 is 2.05 bits per heavy atom. The summed E-state index contributed by atoms with van der Waals surface area (Å²) in [7, 11) is 0. The summed E-state index contributed by atoms with van der Waals surface area (Å²) in [6.07, 6.45) is 4.65. The molecule has 3 heteroatoms. The van der Waals surface area contributed by atoms with Crippen molar-refractivity contribution in [2.24, 2.45) is 5.92 Å². The number of amides is 1. The van der Waals surface area contributed by atoms with E-state index in [0.717, 1.165) is 29.5 Å². The highest BCUT2D eigenvalue weighted by atomic mass is 35.5. The van der Waals surface area contributed by atoms with Crippen LogP contribution in [0.3, 0.4) is 0 Å². The molecule has 0 bridgehead atoms. The highest BCUT2D eigenvalue weighted by molar-refractivity contribution is 6.20. The number of rotatable bonds is 3. The van der Waals surface area contributed by atoms with Crippen LogP contribution < -0.4 is 5.32 Å². The summed E-state index contributed by atoms with van der Waals surface area (Å²) >= 11 is 6.32. The fraction of sp³-hybridized carbons (Fsp3) is 0.562. The highest BCUT2D eigenvalue weighted by Crippen LogP contribution is 2.28. The van der Waals surface area contributed by atoms with Crippen LogP contribution in [-0.4, -0.2) is 17.8 Å².